The Morgan fingerprint density at radius 1 is 1.14 bits per heavy atom. The number of aliphatic hydroxyl groups is 1. The molecule has 0 spiro atoms. The van der Waals surface area contributed by atoms with Gasteiger partial charge in [0.25, 0.3) is 0 Å². The molecule has 0 aromatic carbocycles. The summed E-state index contributed by atoms with van der Waals surface area (Å²) in [7, 11) is 0. The minimum Gasteiger partial charge on any atom is -0.460 e. The predicted molar refractivity (Wildman–Crippen MR) is 138 cm³/mol. The van der Waals surface area contributed by atoms with E-state index in [1.165, 1.54) is 6.42 Å². The van der Waals surface area contributed by atoms with Crippen LogP contribution in [0, 0.1) is 34.0 Å². The number of nitrogens with one attached hydrogen (secondary N) is 2. The van der Waals surface area contributed by atoms with Gasteiger partial charge in [-0.3, -0.25) is 9.59 Å². The highest BCUT2D eigenvalue weighted by molar-refractivity contribution is 5.86. The lowest BCUT2D eigenvalue weighted by Crippen LogP contribution is -2.63. The van der Waals surface area contributed by atoms with Gasteiger partial charge in [-0.2, -0.15) is 0 Å². The SMILES string of the molecule is C=C[C@]1(C)C[C@@H](OC(=O)CNC(=O)NC2CCCCC2)[C@]2(C)[C@H](C)CC[C@]3(CCC(=O)[C@H]32)[C@@H](C)[C@@H]1O. The summed E-state index contributed by atoms with van der Waals surface area (Å²) in [5, 5.41) is 17.2. The van der Waals surface area contributed by atoms with Gasteiger partial charge in [-0.05, 0) is 55.8 Å². The van der Waals surface area contributed by atoms with Gasteiger partial charge in [0.1, 0.15) is 18.4 Å². The molecule has 4 rings (SSSR count). The summed E-state index contributed by atoms with van der Waals surface area (Å²) >= 11 is 0. The summed E-state index contributed by atoms with van der Waals surface area (Å²) in [5.41, 5.74) is -1.52. The molecule has 4 fully saturated rings. The molecule has 0 aliphatic heterocycles. The van der Waals surface area contributed by atoms with Crippen molar-refractivity contribution in [1.29, 1.82) is 0 Å². The summed E-state index contributed by atoms with van der Waals surface area (Å²) in [6, 6.07) is -0.195. The van der Waals surface area contributed by atoms with Crippen LogP contribution in [0.5, 0.6) is 0 Å². The molecule has 4 saturated carbocycles. The minimum atomic E-state index is -0.693. The third-order valence-electron chi connectivity index (χ3n) is 10.9. The summed E-state index contributed by atoms with van der Waals surface area (Å²) in [5.74, 6) is -0.423. The Morgan fingerprint density at radius 3 is 2.50 bits per heavy atom. The zero-order valence-corrected chi connectivity index (χ0v) is 22.6. The van der Waals surface area contributed by atoms with Crippen LogP contribution in [0.15, 0.2) is 12.7 Å². The smallest absolute Gasteiger partial charge is 0.325 e. The maximum atomic E-state index is 13.4. The standard InChI is InChI=1S/C29H46N2O5/c1-6-27(4)16-22(36-23(33)17-30-26(35)31-20-10-8-7-9-11-20)28(5)18(2)12-14-29(19(3)25(27)34)15-13-21(32)24(28)29/h6,18-20,22,24-25,34H,1,7-17H2,2-5H3,(H2,30,31,35)/t18-,19+,22-,24+,25+,27-,28+,29+/m1/s1. The monoisotopic (exact) mass is 502 g/mol. The fraction of sp³-hybridized carbons (Fsp3) is 0.828. The molecule has 0 saturated heterocycles. The predicted octanol–water partition coefficient (Wildman–Crippen LogP) is 4.52. The molecule has 0 aromatic rings. The lowest BCUT2D eigenvalue weighted by molar-refractivity contribution is -0.206. The van der Waals surface area contributed by atoms with Gasteiger partial charge in [0.05, 0.1) is 6.10 Å². The second-order valence-electron chi connectivity index (χ2n) is 12.7. The molecule has 0 radical (unpaired) electrons. The largest absolute Gasteiger partial charge is 0.460 e. The fourth-order valence-corrected chi connectivity index (χ4v) is 8.34. The second kappa shape index (κ2) is 10.1. The van der Waals surface area contributed by atoms with Crippen LogP contribution in [0.2, 0.25) is 0 Å². The van der Waals surface area contributed by atoms with E-state index in [0.29, 0.717) is 12.8 Å². The van der Waals surface area contributed by atoms with Crippen molar-refractivity contribution < 1.29 is 24.2 Å². The maximum Gasteiger partial charge on any atom is 0.325 e. The zero-order valence-electron chi connectivity index (χ0n) is 22.6. The van der Waals surface area contributed by atoms with Gasteiger partial charge < -0.3 is 20.5 Å². The molecule has 7 heteroatoms. The van der Waals surface area contributed by atoms with Crippen LogP contribution in [0.3, 0.4) is 0 Å². The molecule has 4 aliphatic carbocycles. The first-order valence-corrected chi connectivity index (χ1v) is 14.1. The lowest BCUT2D eigenvalue weighted by Gasteiger charge is -2.61. The van der Waals surface area contributed by atoms with Gasteiger partial charge >= 0.3 is 12.0 Å². The number of amides is 2. The molecule has 36 heavy (non-hydrogen) atoms. The van der Waals surface area contributed by atoms with Crippen LogP contribution < -0.4 is 10.6 Å². The van der Waals surface area contributed by atoms with Gasteiger partial charge in [0.2, 0.25) is 0 Å². The van der Waals surface area contributed by atoms with Crippen molar-refractivity contribution >= 4 is 17.8 Å². The molecule has 0 heterocycles. The Kier molecular flexibility index (Phi) is 7.63. The van der Waals surface area contributed by atoms with E-state index in [9.17, 15) is 19.5 Å². The van der Waals surface area contributed by atoms with Crippen LogP contribution in [-0.2, 0) is 14.3 Å². The number of Topliss-reactive ketones (excluding diaryl/α,β-unsaturated/α-hetero) is 1. The molecule has 7 nitrogen and oxygen atoms in total. The van der Waals surface area contributed by atoms with Gasteiger partial charge in [0.15, 0.2) is 0 Å². The number of aliphatic hydroxyl groups excluding tert-OH is 1. The van der Waals surface area contributed by atoms with Crippen molar-refractivity contribution in [2.75, 3.05) is 6.54 Å². The summed E-state index contributed by atoms with van der Waals surface area (Å²) in [6.07, 6.45) is 9.39. The maximum absolute atomic E-state index is 13.4. The number of carbonyl (C=O) groups is 3. The number of rotatable bonds is 5. The first-order chi connectivity index (χ1) is 17.0. The summed E-state index contributed by atoms with van der Waals surface area (Å²) in [6.45, 7) is 12.2. The third kappa shape index (κ3) is 4.50. The highest BCUT2D eigenvalue weighted by Crippen LogP contribution is 2.67. The molecular formula is C29H46N2O5. The third-order valence-corrected chi connectivity index (χ3v) is 10.9. The van der Waals surface area contributed by atoms with Crippen molar-refractivity contribution in [2.45, 2.75) is 110 Å². The molecule has 2 amide bonds. The Labute approximate surface area is 216 Å². The second-order valence-corrected chi connectivity index (χ2v) is 12.7. The molecule has 3 N–H and O–H groups in total. The van der Waals surface area contributed by atoms with E-state index >= 15 is 0 Å². The number of urea groups is 1. The van der Waals surface area contributed by atoms with Crippen LogP contribution >= 0.6 is 0 Å². The average Bonchev–Trinajstić information content (AvgIpc) is 3.22. The topological polar surface area (TPSA) is 105 Å². The average molecular weight is 503 g/mol. The van der Waals surface area contributed by atoms with Crippen LogP contribution in [-0.4, -0.2) is 47.7 Å². The van der Waals surface area contributed by atoms with E-state index in [4.69, 9.17) is 4.74 Å². The molecule has 8 atom stereocenters. The number of ether oxygens (including phenoxy) is 1. The molecule has 2 bridgehead atoms. The molecule has 4 aliphatic rings. The summed E-state index contributed by atoms with van der Waals surface area (Å²) < 4.78 is 6.17. The Morgan fingerprint density at radius 2 is 1.83 bits per heavy atom. The molecule has 0 aromatic heterocycles. The van der Waals surface area contributed by atoms with Crippen molar-refractivity contribution in [3.63, 3.8) is 0 Å². The minimum absolute atomic E-state index is 0.0643. The normalized spacial score (nSPS) is 43.0. The van der Waals surface area contributed by atoms with Gasteiger partial charge in [-0.1, -0.05) is 53.0 Å². The van der Waals surface area contributed by atoms with E-state index in [1.54, 1.807) is 6.08 Å². The van der Waals surface area contributed by atoms with Crippen molar-refractivity contribution in [2.24, 2.45) is 34.0 Å². The van der Waals surface area contributed by atoms with E-state index in [-0.39, 0.29) is 47.6 Å². The van der Waals surface area contributed by atoms with E-state index in [2.05, 4.69) is 38.0 Å². The number of esters is 1. The Balaban J connectivity index is 1.56. The number of hydrogen-bond donors (Lipinski definition) is 3. The van der Waals surface area contributed by atoms with E-state index < -0.39 is 29.0 Å². The van der Waals surface area contributed by atoms with Crippen molar-refractivity contribution in [3.8, 4) is 0 Å². The highest BCUT2D eigenvalue weighted by Gasteiger charge is 2.68. The highest BCUT2D eigenvalue weighted by atomic mass is 16.5. The first kappa shape index (κ1) is 27.2. The fourth-order valence-electron chi connectivity index (χ4n) is 8.34. The van der Waals surface area contributed by atoms with Gasteiger partial charge in [-0.15, -0.1) is 6.58 Å². The van der Waals surface area contributed by atoms with Crippen LogP contribution in [0.25, 0.3) is 0 Å². The zero-order chi connectivity index (χ0) is 26.3. The van der Waals surface area contributed by atoms with Crippen molar-refractivity contribution in [3.05, 3.63) is 12.7 Å². The number of hydrogen-bond acceptors (Lipinski definition) is 5. The Hall–Kier alpha value is -1.89. The van der Waals surface area contributed by atoms with Crippen molar-refractivity contribution in [1.82, 2.24) is 10.6 Å². The van der Waals surface area contributed by atoms with E-state index in [0.717, 1.165) is 44.9 Å². The lowest BCUT2D eigenvalue weighted by atomic mass is 9.44. The van der Waals surface area contributed by atoms with Crippen LogP contribution in [0.1, 0.15) is 91.9 Å². The molecular weight excluding hydrogens is 456 g/mol. The Bertz CT molecular complexity index is 885. The number of carbonyl (C=O) groups excluding carboxylic acids is 3. The van der Waals surface area contributed by atoms with Gasteiger partial charge in [-0.25, -0.2) is 4.79 Å². The van der Waals surface area contributed by atoms with Gasteiger partial charge in [0, 0.05) is 29.2 Å². The first-order valence-electron chi connectivity index (χ1n) is 14.1. The quantitative estimate of drug-likeness (QED) is 0.379. The molecule has 0 unspecified atom stereocenters. The summed E-state index contributed by atoms with van der Waals surface area (Å²) in [4.78, 5) is 38.9. The van der Waals surface area contributed by atoms with Crippen LogP contribution in [0.4, 0.5) is 4.79 Å². The van der Waals surface area contributed by atoms with E-state index in [1.807, 2.05) is 6.92 Å². The molecule has 202 valence electrons. The number of ketones is 1.